The Kier molecular flexibility index (Phi) is 4.99. The van der Waals surface area contributed by atoms with Gasteiger partial charge in [0.05, 0.1) is 36.9 Å². The first-order chi connectivity index (χ1) is 12.5. The van der Waals surface area contributed by atoms with Crippen LogP contribution in [0.2, 0.25) is 5.02 Å². The molecule has 0 aliphatic carbocycles. The van der Waals surface area contributed by atoms with Crippen molar-refractivity contribution in [1.29, 1.82) is 0 Å². The van der Waals surface area contributed by atoms with Crippen LogP contribution in [0.15, 0.2) is 18.3 Å². The lowest BCUT2D eigenvalue weighted by molar-refractivity contribution is -0.915. The van der Waals surface area contributed by atoms with E-state index in [2.05, 4.69) is 26.9 Å². The van der Waals surface area contributed by atoms with Crippen molar-refractivity contribution in [1.82, 2.24) is 10.2 Å². The molecule has 2 heterocycles. The van der Waals surface area contributed by atoms with Crippen LogP contribution in [0.1, 0.15) is 0 Å². The molecule has 0 spiro atoms. The summed E-state index contributed by atoms with van der Waals surface area (Å²) in [6, 6.07) is 2.72. The van der Waals surface area contributed by atoms with Crippen molar-refractivity contribution < 1.29 is 14.7 Å². The van der Waals surface area contributed by atoms with E-state index in [1.165, 1.54) is 12.1 Å². The van der Waals surface area contributed by atoms with Crippen LogP contribution in [-0.4, -0.2) is 64.2 Å². The maximum absolute atomic E-state index is 10.2. The topological polar surface area (TPSA) is 72.4 Å². The summed E-state index contributed by atoms with van der Waals surface area (Å²) in [5.74, 6) is 5.22. The zero-order valence-corrected chi connectivity index (χ0v) is 15.0. The van der Waals surface area contributed by atoms with E-state index < -0.39 is 0 Å². The lowest BCUT2D eigenvalue weighted by Crippen LogP contribution is -2.60. The van der Waals surface area contributed by atoms with E-state index in [1.807, 2.05) is 0 Å². The Bertz CT molecular complexity index is 868. The molecule has 1 aromatic carbocycles. The van der Waals surface area contributed by atoms with Gasteiger partial charge in [-0.25, -0.2) is 0 Å². The Morgan fingerprint density at radius 3 is 2.42 bits per heavy atom. The molecule has 0 saturated carbocycles. The maximum atomic E-state index is 10.2. The number of phenolic OH excluding ortho intramolecular Hbond substituents is 2. The molecule has 3 rings (SSSR count). The number of nitrogens with one attached hydrogen (secondary N) is 1. The molecule has 134 valence electrons. The molecular formula is C19H20ClN4O2+. The minimum absolute atomic E-state index is 0.0814. The Balaban J connectivity index is 1.86. The Morgan fingerprint density at radius 1 is 1.15 bits per heavy atom. The molecule has 0 atom stereocenters. The number of aromatic amines is 1. The summed E-state index contributed by atoms with van der Waals surface area (Å²) in [7, 11) is 0. The predicted molar refractivity (Wildman–Crippen MR) is 102 cm³/mol. The van der Waals surface area contributed by atoms with E-state index in [-0.39, 0.29) is 16.5 Å². The van der Waals surface area contributed by atoms with E-state index in [1.54, 1.807) is 6.20 Å². The van der Waals surface area contributed by atoms with Crippen molar-refractivity contribution in [3.05, 3.63) is 23.4 Å². The number of halogens is 1. The number of terminal acetylenes is 2. The standard InChI is InChI=1S/C19H19ClN4O2/c1-3-7-24(8-4-2)9-5-23(6-10-24)16-13-21-22-19(16)14-11-15(20)18(26)12-17(14)25/h1-2,11-13H,5-10H2,(H2-,21,22,25,26)/p+1. The Labute approximate surface area is 157 Å². The van der Waals surface area contributed by atoms with Crippen molar-refractivity contribution in [2.75, 3.05) is 44.2 Å². The first kappa shape index (κ1) is 18.0. The number of nitrogens with zero attached hydrogens (tertiary/aromatic N) is 3. The van der Waals surface area contributed by atoms with Crippen LogP contribution in [-0.2, 0) is 0 Å². The second-order valence-corrected chi connectivity index (χ2v) is 6.85. The van der Waals surface area contributed by atoms with Crippen LogP contribution in [0.5, 0.6) is 11.5 Å². The molecule has 1 aliphatic rings. The molecule has 1 aliphatic heterocycles. The van der Waals surface area contributed by atoms with Gasteiger partial charge >= 0.3 is 0 Å². The molecule has 0 radical (unpaired) electrons. The molecular weight excluding hydrogens is 352 g/mol. The lowest BCUT2D eigenvalue weighted by Gasteiger charge is -2.43. The van der Waals surface area contributed by atoms with Gasteiger partial charge in [-0.1, -0.05) is 11.6 Å². The number of H-pyrrole nitrogens is 1. The molecule has 1 saturated heterocycles. The average Bonchev–Trinajstić information content (AvgIpc) is 3.09. The molecule has 2 aromatic rings. The zero-order chi connectivity index (χ0) is 18.7. The lowest BCUT2D eigenvalue weighted by atomic mass is 10.1. The number of hydrogen-bond donors (Lipinski definition) is 3. The fraction of sp³-hybridized carbons (Fsp3) is 0.316. The maximum Gasteiger partial charge on any atom is 0.141 e. The van der Waals surface area contributed by atoms with Gasteiger partial charge in [-0.05, 0) is 17.9 Å². The average molecular weight is 372 g/mol. The molecule has 0 unspecified atom stereocenters. The van der Waals surface area contributed by atoms with E-state index in [0.717, 1.165) is 31.9 Å². The van der Waals surface area contributed by atoms with E-state index in [9.17, 15) is 10.2 Å². The number of benzene rings is 1. The quantitative estimate of drug-likeness (QED) is 0.568. The highest BCUT2D eigenvalue weighted by atomic mass is 35.5. The van der Waals surface area contributed by atoms with Crippen LogP contribution in [0, 0.1) is 24.7 Å². The van der Waals surface area contributed by atoms with Crippen molar-refractivity contribution in [3.63, 3.8) is 0 Å². The second kappa shape index (κ2) is 7.21. The number of anilines is 1. The summed E-state index contributed by atoms with van der Waals surface area (Å²) >= 11 is 5.99. The number of rotatable bonds is 4. The minimum atomic E-state index is -0.173. The zero-order valence-electron chi connectivity index (χ0n) is 14.2. The second-order valence-electron chi connectivity index (χ2n) is 6.44. The number of hydrogen-bond acceptors (Lipinski definition) is 4. The summed E-state index contributed by atoms with van der Waals surface area (Å²) in [6.07, 6.45) is 12.8. The van der Waals surface area contributed by atoms with Gasteiger partial charge in [0.2, 0.25) is 0 Å². The van der Waals surface area contributed by atoms with Crippen molar-refractivity contribution >= 4 is 17.3 Å². The Morgan fingerprint density at radius 2 is 1.81 bits per heavy atom. The summed E-state index contributed by atoms with van der Waals surface area (Å²) in [6.45, 7) is 4.43. The van der Waals surface area contributed by atoms with Gasteiger partial charge in [0.1, 0.15) is 30.3 Å². The van der Waals surface area contributed by atoms with E-state index in [0.29, 0.717) is 28.8 Å². The van der Waals surface area contributed by atoms with Crippen molar-refractivity contribution in [2.45, 2.75) is 0 Å². The summed E-state index contributed by atoms with van der Waals surface area (Å²) in [5, 5.41) is 27.1. The van der Waals surface area contributed by atoms with Crippen LogP contribution in [0.25, 0.3) is 11.3 Å². The number of phenols is 2. The van der Waals surface area contributed by atoms with Gasteiger partial charge in [-0.3, -0.25) is 5.10 Å². The van der Waals surface area contributed by atoms with Crippen LogP contribution >= 0.6 is 11.6 Å². The summed E-state index contributed by atoms with van der Waals surface area (Å²) in [4.78, 5) is 2.18. The SMILES string of the molecule is C#CC[N+]1(CC#C)CCN(c2c[nH]nc2-c2cc(Cl)c(O)cc2O)CC1. The third-order valence-electron chi connectivity index (χ3n) is 4.82. The fourth-order valence-corrected chi connectivity index (χ4v) is 3.52. The van der Waals surface area contributed by atoms with Crippen molar-refractivity contribution in [2.24, 2.45) is 0 Å². The van der Waals surface area contributed by atoms with Crippen LogP contribution < -0.4 is 4.90 Å². The number of aromatic nitrogens is 2. The summed E-state index contributed by atoms with van der Waals surface area (Å²) in [5.41, 5.74) is 1.90. The minimum Gasteiger partial charge on any atom is -0.507 e. The fourth-order valence-electron chi connectivity index (χ4n) is 3.35. The molecule has 7 heteroatoms. The third-order valence-corrected chi connectivity index (χ3v) is 5.13. The van der Waals surface area contributed by atoms with Gasteiger partial charge in [0, 0.05) is 17.8 Å². The molecule has 26 heavy (non-hydrogen) atoms. The van der Waals surface area contributed by atoms with Gasteiger partial charge in [0.15, 0.2) is 0 Å². The van der Waals surface area contributed by atoms with Gasteiger partial charge in [0.25, 0.3) is 0 Å². The highest BCUT2D eigenvalue weighted by Crippen LogP contribution is 2.40. The Hall–Kier alpha value is -2.80. The van der Waals surface area contributed by atoms with Crippen LogP contribution in [0.3, 0.4) is 0 Å². The highest BCUT2D eigenvalue weighted by molar-refractivity contribution is 6.32. The van der Waals surface area contributed by atoms with Gasteiger partial charge in [-0.15, -0.1) is 12.8 Å². The number of aromatic hydroxyl groups is 2. The molecule has 0 bridgehead atoms. The number of piperazine rings is 1. The van der Waals surface area contributed by atoms with E-state index in [4.69, 9.17) is 24.4 Å². The monoisotopic (exact) mass is 371 g/mol. The first-order valence-electron chi connectivity index (χ1n) is 8.22. The normalized spacial score (nSPS) is 16.0. The van der Waals surface area contributed by atoms with Crippen molar-refractivity contribution in [3.8, 4) is 47.4 Å². The predicted octanol–water partition coefficient (Wildman–Crippen LogP) is 2.04. The smallest absolute Gasteiger partial charge is 0.141 e. The largest absolute Gasteiger partial charge is 0.507 e. The van der Waals surface area contributed by atoms with Gasteiger partial charge < -0.3 is 19.6 Å². The molecule has 3 N–H and O–H groups in total. The molecule has 6 nitrogen and oxygen atoms in total. The van der Waals surface area contributed by atoms with E-state index >= 15 is 0 Å². The number of quaternary nitrogens is 1. The summed E-state index contributed by atoms with van der Waals surface area (Å²) < 4.78 is 0.715. The van der Waals surface area contributed by atoms with Gasteiger partial charge in [-0.2, -0.15) is 5.10 Å². The molecule has 1 aromatic heterocycles. The third kappa shape index (κ3) is 3.30. The van der Waals surface area contributed by atoms with Crippen LogP contribution in [0.4, 0.5) is 5.69 Å². The molecule has 0 amide bonds. The highest BCUT2D eigenvalue weighted by Gasteiger charge is 2.33. The molecule has 1 fully saturated rings. The first-order valence-corrected chi connectivity index (χ1v) is 8.60.